The number of hydrogen-bond acceptors (Lipinski definition) is 5. The molecule has 158 valence electrons. The SMILES string of the molecule is Cc1cc(N2C(=O)C(=O)/C(=C(/O)c3ccc(Cl)cc3)C2c2ccc(C(C)C)cc2)no1. The zero-order valence-corrected chi connectivity index (χ0v) is 18.1. The van der Waals surface area contributed by atoms with Crippen molar-refractivity contribution >= 4 is 34.9 Å². The number of anilines is 1. The van der Waals surface area contributed by atoms with Crippen LogP contribution in [-0.2, 0) is 9.59 Å². The minimum Gasteiger partial charge on any atom is -0.507 e. The van der Waals surface area contributed by atoms with Gasteiger partial charge in [-0.3, -0.25) is 14.5 Å². The quantitative estimate of drug-likeness (QED) is 0.337. The van der Waals surface area contributed by atoms with Gasteiger partial charge in [-0.2, -0.15) is 0 Å². The number of hydrogen-bond donors (Lipinski definition) is 1. The average Bonchev–Trinajstić information content (AvgIpc) is 3.29. The smallest absolute Gasteiger partial charge is 0.301 e. The number of amides is 1. The van der Waals surface area contributed by atoms with Crippen molar-refractivity contribution < 1.29 is 19.2 Å². The summed E-state index contributed by atoms with van der Waals surface area (Å²) in [6.07, 6.45) is 0. The monoisotopic (exact) mass is 436 g/mol. The molecule has 2 aromatic carbocycles. The zero-order valence-electron chi connectivity index (χ0n) is 17.3. The normalized spacial score (nSPS) is 18.2. The fraction of sp³-hybridized carbons (Fsp3) is 0.208. The van der Waals surface area contributed by atoms with Crippen LogP contribution in [0.3, 0.4) is 0 Å². The molecule has 1 aliphatic rings. The number of aryl methyl sites for hydroxylation is 1. The number of ketones is 1. The van der Waals surface area contributed by atoms with Gasteiger partial charge in [0, 0.05) is 16.7 Å². The van der Waals surface area contributed by atoms with Crippen LogP contribution < -0.4 is 4.90 Å². The summed E-state index contributed by atoms with van der Waals surface area (Å²) in [7, 11) is 0. The first-order valence-corrected chi connectivity index (χ1v) is 10.3. The van der Waals surface area contributed by atoms with E-state index in [2.05, 4.69) is 19.0 Å². The molecule has 1 amide bonds. The molecule has 7 heteroatoms. The van der Waals surface area contributed by atoms with E-state index in [0.717, 1.165) is 5.56 Å². The van der Waals surface area contributed by atoms with Gasteiger partial charge in [-0.25, -0.2) is 0 Å². The Balaban J connectivity index is 1.91. The number of halogens is 1. The molecule has 0 spiro atoms. The van der Waals surface area contributed by atoms with Gasteiger partial charge in [0.05, 0.1) is 11.6 Å². The Bertz CT molecular complexity index is 1180. The molecule has 1 saturated heterocycles. The predicted molar refractivity (Wildman–Crippen MR) is 118 cm³/mol. The number of nitrogens with zero attached hydrogens (tertiary/aromatic N) is 2. The summed E-state index contributed by atoms with van der Waals surface area (Å²) in [4.78, 5) is 27.3. The molecule has 31 heavy (non-hydrogen) atoms. The first-order valence-electron chi connectivity index (χ1n) is 9.88. The van der Waals surface area contributed by atoms with Gasteiger partial charge < -0.3 is 9.63 Å². The summed E-state index contributed by atoms with van der Waals surface area (Å²) in [6.45, 7) is 5.87. The summed E-state index contributed by atoms with van der Waals surface area (Å²) in [5.74, 6) is -0.785. The van der Waals surface area contributed by atoms with Crippen LogP contribution in [0.15, 0.2) is 64.7 Å². The van der Waals surface area contributed by atoms with E-state index in [1.807, 2.05) is 24.3 Å². The predicted octanol–water partition coefficient (Wildman–Crippen LogP) is 5.39. The Labute approximate surface area is 184 Å². The second-order valence-electron chi connectivity index (χ2n) is 7.79. The number of aliphatic hydroxyl groups is 1. The maximum Gasteiger partial charge on any atom is 0.301 e. The van der Waals surface area contributed by atoms with E-state index in [4.69, 9.17) is 16.1 Å². The topological polar surface area (TPSA) is 83.6 Å². The van der Waals surface area contributed by atoms with Crippen molar-refractivity contribution in [3.8, 4) is 0 Å². The van der Waals surface area contributed by atoms with Gasteiger partial charge >= 0.3 is 5.91 Å². The lowest BCUT2D eigenvalue weighted by Gasteiger charge is -2.23. The minimum absolute atomic E-state index is 0.00901. The van der Waals surface area contributed by atoms with Crippen LogP contribution in [0.1, 0.15) is 48.3 Å². The van der Waals surface area contributed by atoms with Crippen molar-refractivity contribution in [1.29, 1.82) is 0 Å². The van der Waals surface area contributed by atoms with Gasteiger partial charge in [0.1, 0.15) is 11.5 Å². The molecule has 1 unspecified atom stereocenters. The molecule has 1 N–H and O–H groups in total. The largest absolute Gasteiger partial charge is 0.507 e. The summed E-state index contributed by atoms with van der Waals surface area (Å²) in [6, 6.07) is 14.8. The molecule has 0 aliphatic carbocycles. The molecule has 1 fully saturated rings. The Morgan fingerprint density at radius 3 is 2.29 bits per heavy atom. The lowest BCUT2D eigenvalue weighted by Crippen LogP contribution is -2.29. The van der Waals surface area contributed by atoms with Crippen LogP contribution >= 0.6 is 11.6 Å². The third-order valence-corrected chi connectivity index (χ3v) is 5.60. The number of aliphatic hydroxyl groups excluding tert-OH is 1. The fourth-order valence-corrected chi connectivity index (χ4v) is 3.80. The highest BCUT2D eigenvalue weighted by Gasteiger charge is 2.48. The van der Waals surface area contributed by atoms with E-state index in [1.54, 1.807) is 37.3 Å². The van der Waals surface area contributed by atoms with E-state index in [9.17, 15) is 14.7 Å². The van der Waals surface area contributed by atoms with Crippen LogP contribution in [0.5, 0.6) is 0 Å². The maximum atomic E-state index is 13.0. The number of carbonyl (C=O) groups is 2. The van der Waals surface area contributed by atoms with Gasteiger partial charge in [0.25, 0.3) is 5.78 Å². The van der Waals surface area contributed by atoms with Crippen molar-refractivity contribution in [1.82, 2.24) is 5.16 Å². The van der Waals surface area contributed by atoms with Crippen molar-refractivity contribution in [2.24, 2.45) is 0 Å². The number of benzene rings is 2. The van der Waals surface area contributed by atoms with E-state index >= 15 is 0 Å². The highest BCUT2D eigenvalue weighted by molar-refractivity contribution is 6.51. The molecule has 1 aromatic heterocycles. The molecule has 0 radical (unpaired) electrons. The molecule has 0 saturated carbocycles. The van der Waals surface area contributed by atoms with E-state index in [-0.39, 0.29) is 17.2 Å². The molecule has 2 heterocycles. The molecule has 1 aliphatic heterocycles. The molecular formula is C24H21ClN2O4. The second-order valence-corrected chi connectivity index (χ2v) is 8.23. The summed E-state index contributed by atoms with van der Waals surface area (Å²) in [5, 5.41) is 15.5. The van der Waals surface area contributed by atoms with Gasteiger partial charge in [-0.05, 0) is 48.2 Å². The van der Waals surface area contributed by atoms with Crippen LogP contribution in [0.2, 0.25) is 5.02 Å². The van der Waals surface area contributed by atoms with Gasteiger partial charge in [-0.15, -0.1) is 0 Å². The van der Waals surface area contributed by atoms with Crippen LogP contribution in [0.4, 0.5) is 5.82 Å². The van der Waals surface area contributed by atoms with Crippen molar-refractivity contribution in [3.05, 3.63) is 87.6 Å². The lowest BCUT2D eigenvalue weighted by atomic mass is 9.93. The second kappa shape index (κ2) is 8.04. The third kappa shape index (κ3) is 3.75. The van der Waals surface area contributed by atoms with Crippen LogP contribution in [0, 0.1) is 6.92 Å². The van der Waals surface area contributed by atoms with E-state index in [1.165, 1.54) is 4.90 Å². The van der Waals surface area contributed by atoms with E-state index in [0.29, 0.717) is 27.8 Å². The van der Waals surface area contributed by atoms with Crippen LogP contribution in [0.25, 0.3) is 5.76 Å². The Kier molecular flexibility index (Phi) is 5.41. The van der Waals surface area contributed by atoms with Crippen molar-refractivity contribution in [3.63, 3.8) is 0 Å². The highest BCUT2D eigenvalue weighted by Crippen LogP contribution is 2.42. The summed E-state index contributed by atoms with van der Waals surface area (Å²) >= 11 is 5.95. The molecule has 6 nitrogen and oxygen atoms in total. The molecular weight excluding hydrogens is 416 g/mol. The number of Topliss-reactive ketones (excluding diaryl/α,β-unsaturated/α-hetero) is 1. The van der Waals surface area contributed by atoms with Crippen molar-refractivity contribution in [2.75, 3.05) is 4.90 Å². The first kappa shape index (κ1) is 20.9. The standard InChI is InChI=1S/C24H21ClN2O4/c1-13(2)15-4-6-16(7-5-15)21-20(22(28)17-8-10-18(25)11-9-17)23(29)24(30)27(21)19-12-14(3)31-26-19/h4-13,21,28H,1-3H3/b22-20+. The number of aromatic nitrogens is 1. The fourth-order valence-electron chi connectivity index (χ4n) is 3.68. The van der Waals surface area contributed by atoms with Crippen LogP contribution in [-0.4, -0.2) is 22.0 Å². The molecule has 0 bridgehead atoms. The van der Waals surface area contributed by atoms with Gasteiger partial charge in [0.2, 0.25) is 0 Å². The highest BCUT2D eigenvalue weighted by atomic mass is 35.5. The molecule has 1 atom stereocenters. The Morgan fingerprint density at radius 2 is 1.74 bits per heavy atom. The van der Waals surface area contributed by atoms with Gasteiger partial charge in [-0.1, -0.05) is 54.9 Å². The molecule has 3 aromatic rings. The maximum absolute atomic E-state index is 13.0. The van der Waals surface area contributed by atoms with Gasteiger partial charge in [0.15, 0.2) is 5.82 Å². The lowest BCUT2D eigenvalue weighted by molar-refractivity contribution is -0.132. The molecule has 4 rings (SSSR count). The van der Waals surface area contributed by atoms with Crippen molar-refractivity contribution in [2.45, 2.75) is 32.7 Å². The number of carbonyl (C=O) groups excluding carboxylic acids is 2. The van der Waals surface area contributed by atoms with E-state index < -0.39 is 17.7 Å². The summed E-state index contributed by atoms with van der Waals surface area (Å²) < 4.78 is 5.14. The summed E-state index contributed by atoms with van der Waals surface area (Å²) in [5.41, 5.74) is 2.18. The first-order chi connectivity index (χ1) is 14.8. The Morgan fingerprint density at radius 1 is 1.10 bits per heavy atom. The average molecular weight is 437 g/mol. The minimum atomic E-state index is -0.846. The number of rotatable bonds is 4. The third-order valence-electron chi connectivity index (χ3n) is 5.34. The zero-order chi connectivity index (χ0) is 22.3. The Hall–Kier alpha value is -3.38.